The third-order valence-corrected chi connectivity index (χ3v) is 8.17. The summed E-state index contributed by atoms with van der Waals surface area (Å²) < 4.78 is 41.8. The van der Waals surface area contributed by atoms with Crippen molar-refractivity contribution in [3.05, 3.63) is 59.4 Å². The van der Waals surface area contributed by atoms with Gasteiger partial charge in [0.1, 0.15) is 5.82 Å². The van der Waals surface area contributed by atoms with Crippen molar-refractivity contribution in [2.75, 3.05) is 31.9 Å². The Bertz CT molecular complexity index is 1270. The summed E-state index contributed by atoms with van der Waals surface area (Å²) in [6, 6.07) is 10.9. The monoisotopic (exact) mass is 490 g/mol. The number of benzene rings is 2. The highest BCUT2D eigenvalue weighted by molar-refractivity contribution is 7.99. The number of carbonyl (C=O) groups excluding carboxylic acids is 1. The predicted octanol–water partition coefficient (Wildman–Crippen LogP) is 2.04. The Hall–Kier alpha value is -2.83. The molecule has 0 aliphatic carbocycles. The van der Waals surface area contributed by atoms with E-state index < -0.39 is 15.8 Å². The Morgan fingerprint density at radius 3 is 2.55 bits per heavy atom. The molecule has 0 bridgehead atoms. The molecule has 4 rings (SSSR count). The molecule has 0 radical (unpaired) electrons. The predicted molar refractivity (Wildman–Crippen MR) is 121 cm³/mol. The van der Waals surface area contributed by atoms with Crippen LogP contribution in [0.3, 0.4) is 0 Å². The number of tetrazole rings is 1. The van der Waals surface area contributed by atoms with Gasteiger partial charge in [0.25, 0.3) is 0 Å². The highest BCUT2D eigenvalue weighted by Crippen LogP contribution is 2.23. The van der Waals surface area contributed by atoms with E-state index in [2.05, 4.69) is 15.5 Å². The minimum atomic E-state index is -3.80. The van der Waals surface area contributed by atoms with Gasteiger partial charge in [0.2, 0.25) is 21.1 Å². The van der Waals surface area contributed by atoms with Crippen LogP contribution in [0.15, 0.2) is 52.5 Å². The van der Waals surface area contributed by atoms with Gasteiger partial charge in [-0.3, -0.25) is 4.79 Å². The molecular weight excluding hydrogens is 467 g/mol. The van der Waals surface area contributed by atoms with E-state index in [1.54, 1.807) is 9.58 Å². The molecule has 1 aromatic heterocycles. The summed E-state index contributed by atoms with van der Waals surface area (Å²) in [6.07, 6.45) is 0. The van der Waals surface area contributed by atoms with E-state index in [1.165, 1.54) is 34.3 Å². The van der Waals surface area contributed by atoms with Gasteiger partial charge in [-0.25, -0.2) is 12.8 Å². The number of hydrogen-bond donors (Lipinski definition) is 0. The number of hydrogen-bond acceptors (Lipinski definition) is 7. The quantitative estimate of drug-likeness (QED) is 0.488. The molecule has 2 heterocycles. The number of nitrogens with zero attached hydrogens (tertiary/aromatic N) is 6. The highest BCUT2D eigenvalue weighted by atomic mass is 32.2. The fourth-order valence-corrected chi connectivity index (χ4v) is 5.88. The van der Waals surface area contributed by atoms with Crippen molar-refractivity contribution >= 4 is 27.7 Å². The summed E-state index contributed by atoms with van der Waals surface area (Å²) in [5.74, 6) is -0.606. The molecule has 0 N–H and O–H groups in total. The fourth-order valence-electron chi connectivity index (χ4n) is 3.64. The molecule has 1 fully saturated rings. The van der Waals surface area contributed by atoms with E-state index in [4.69, 9.17) is 0 Å². The van der Waals surface area contributed by atoms with Gasteiger partial charge < -0.3 is 4.90 Å². The van der Waals surface area contributed by atoms with E-state index in [0.717, 1.165) is 22.9 Å². The van der Waals surface area contributed by atoms with Crippen LogP contribution in [0.1, 0.15) is 11.1 Å². The van der Waals surface area contributed by atoms with Gasteiger partial charge in [-0.2, -0.15) is 8.99 Å². The number of sulfonamides is 1. The number of thioether (sulfide) groups is 1. The molecule has 3 aromatic rings. The van der Waals surface area contributed by atoms with Gasteiger partial charge >= 0.3 is 0 Å². The standard InChI is InChI=1S/C21H23FN6O3S2/c1-15-6-7-19(16(2)12-15)28-21(23-24-25-28)32-14-20(29)26-8-10-27(11-9-26)33(30,31)18-5-3-4-17(22)13-18/h3-7,12-13H,8-11,14H2,1-2H3. The molecule has 0 atom stereocenters. The lowest BCUT2D eigenvalue weighted by Crippen LogP contribution is -2.51. The topological polar surface area (TPSA) is 101 Å². The van der Waals surface area contributed by atoms with Crippen LogP contribution in [0.2, 0.25) is 0 Å². The Balaban J connectivity index is 1.36. The minimum Gasteiger partial charge on any atom is -0.339 e. The summed E-state index contributed by atoms with van der Waals surface area (Å²) in [7, 11) is -3.80. The molecule has 0 spiro atoms. The highest BCUT2D eigenvalue weighted by Gasteiger charge is 2.30. The summed E-state index contributed by atoms with van der Waals surface area (Å²) >= 11 is 1.23. The number of halogens is 1. The first kappa shape index (κ1) is 23.3. The van der Waals surface area contributed by atoms with Crippen LogP contribution in [0.4, 0.5) is 4.39 Å². The van der Waals surface area contributed by atoms with Gasteiger partial charge in [0, 0.05) is 26.2 Å². The van der Waals surface area contributed by atoms with Gasteiger partial charge in [-0.1, -0.05) is 35.5 Å². The molecule has 1 amide bonds. The Labute approximate surface area is 195 Å². The maximum Gasteiger partial charge on any atom is 0.243 e. The first-order chi connectivity index (χ1) is 15.8. The van der Waals surface area contributed by atoms with Crippen molar-refractivity contribution < 1.29 is 17.6 Å². The minimum absolute atomic E-state index is 0.0870. The van der Waals surface area contributed by atoms with E-state index in [1.807, 2.05) is 32.0 Å². The molecule has 0 saturated carbocycles. The third-order valence-electron chi connectivity index (χ3n) is 5.37. The molecule has 9 nitrogen and oxygen atoms in total. The van der Waals surface area contributed by atoms with Crippen LogP contribution < -0.4 is 0 Å². The zero-order chi connectivity index (χ0) is 23.6. The van der Waals surface area contributed by atoms with Gasteiger partial charge in [0.15, 0.2) is 0 Å². The Morgan fingerprint density at radius 1 is 1.09 bits per heavy atom. The summed E-state index contributed by atoms with van der Waals surface area (Å²) in [4.78, 5) is 14.3. The van der Waals surface area contributed by atoms with Crippen molar-refractivity contribution in [2.45, 2.75) is 23.9 Å². The average molecular weight is 491 g/mol. The normalized spacial score (nSPS) is 15.1. The van der Waals surface area contributed by atoms with Crippen molar-refractivity contribution in [2.24, 2.45) is 0 Å². The third kappa shape index (κ3) is 5.07. The maximum absolute atomic E-state index is 13.5. The van der Waals surface area contributed by atoms with Gasteiger partial charge in [0.05, 0.1) is 16.3 Å². The SMILES string of the molecule is Cc1ccc(-n2nnnc2SCC(=O)N2CCN(S(=O)(=O)c3cccc(F)c3)CC2)c(C)c1. The molecule has 1 aliphatic heterocycles. The number of piperazine rings is 1. The second-order valence-corrected chi connectivity index (χ2v) is 10.6. The van der Waals surface area contributed by atoms with Crippen molar-refractivity contribution in [1.29, 1.82) is 0 Å². The number of aryl methyl sites for hydroxylation is 2. The van der Waals surface area contributed by atoms with E-state index in [9.17, 15) is 17.6 Å². The summed E-state index contributed by atoms with van der Waals surface area (Å²) in [5, 5.41) is 12.3. The second-order valence-electron chi connectivity index (χ2n) is 7.69. The van der Waals surface area contributed by atoms with Crippen molar-refractivity contribution in [1.82, 2.24) is 29.4 Å². The Kier molecular flexibility index (Phi) is 6.77. The van der Waals surface area contributed by atoms with E-state index >= 15 is 0 Å². The van der Waals surface area contributed by atoms with Crippen molar-refractivity contribution in [3.8, 4) is 5.69 Å². The number of amides is 1. The van der Waals surface area contributed by atoms with E-state index in [-0.39, 0.29) is 42.7 Å². The van der Waals surface area contributed by atoms with Gasteiger partial charge in [-0.15, -0.1) is 5.10 Å². The average Bonchev–Trinajstić information content (AvgIpc) is 3.26. The first-order valence-corrected chi connectivity index (χ1v) is 12.7. The molecule has 1 aliphatic rings. The molecule has 2 aromatic carbocycles. The molecule has 12 heteroatoms. The molecule has 1 saturated heterocycles. The lowest BCUT2D eigenvalue weighted by molar-refractivity contribution is -0.129. The largest absolute Gasteiger partial charge is 0.339 e. The zero-order valence-corrected chi connectivity index (χ0v) is 19.8. The Morgan fingerprint density at radius 2 is 1.85 bits per heavy atom. The van der Waals surface area contributed by atoms with Crippen molar-refractivity contribution in [3.63, 3.8) is 0 Å². The molecule has 0 unspecified atom stereocenters. The van der Waals surface area contributed by atoms with E-state index in [0.29, 0.717) is 5.16 Å². The number of aromatic nitrogens is 4. The van der Waals surface area contributed by atoms with Crippen LogP contribution in [0.25, 0.3) is 5.69 Å². The maximum atomic E-state index is 13.5. The van der Waals surface area contributed by atoms with Crippen LogP contribution in [-0.4, -0.2) is 75.7 Å². The second kappa shape index (κ2) is 9.57. The van der Waals surface area contributed by atoms with Crippen LogP contribution >= 0.6 is 11.8 Å². The molecule has 174 valence electrons. The van der Waals surface area contributed by atoms with Gasteiger partial charge in [-0.05, 0) is 54.1 Å². The lowest BCUT2D eigenvalue weighted by atomic mass is 10.1. The summed E-state index contributed by atoms with van der Waals surface area (Å²) in [6.45, 7) is 4.80. The fraction of sp³-hybridized carbons (Fsp3) is 0.333. The smallest absolute Gasteiger partial charge is 0.243 e. The summed E-state index contributed by atoms with van der Waals surface area (Å²) in [5.41, 5.74) is 3.00. The first-order valence-electron chi connectivity index (χ1n) is 10.3. The molecular formula is C21H23FN6O3S2. The van der Waals surface area contributed by atoms with Crippen LogP contribution in [0.5, 0.6) is 0 Å². The lowest BCUT2D eigenvalue weighted by Gasteiger charge is -2.34. The number of rotatable bonds is 6. The zero-order valence-electron chi connectivity index (χ0n) is 18.2. The van der Waals surface area contributed by atoms with Crippen LogP contribution in [0, 0.1) is 19.7 Å². The van der Waals surface area contributed by atoms with Crippen LogP contribution in [-0.2, 0) is 14.8 Å². The molecule has 33 heavy (non-hydrogen) atoms. The number of carbonyl (C=O) groups is 1.